The Morgan fingerprint density at radius 1 is 1.00 bits per heavy atom. The Morgan fingerprint density at radius 3 is 2.43 bits per heavy atom. The SMILES string of the molecule is CNc1ccc(S(=O)(=O)Nc2ccc(CN3CCOCC3=O)cc2)c2ccccc12. The number of nitrogens with one attached hydrogen (secondary N) is 2. The van der Waals surface area contributed by atoms with E-state index in [1.54, 1.807) is 42.3 Å². The van der Waals surface area contributed by atoms with Crippen LogP contribution in [-0.2, 0) is 26.1 Å². The van der Waals surface area contributed by atoms with E-state index in [1.165, 1.54) is 0 Å². The van der Waals surface area contributed by atoms with Crippen molar-refractivity contribution in [3.05, 3.63) is 66.2 Å². The van der Waals surface area contributed by atoms with Crippen LogP contribution in [0.2, 0.25) is 0 Å². The maximum atomic E-state index is 13.1. The van der Waals surface area contributed by atoms with Gasteiger partial charge in [-0.1, -0.05) is 36.4 Å². The molecule has 0 spiro atoms. The van der Waals surface area contributed by atoms with Crippen molar-refractivity contribution in [3.8, 4) is 0 Å². The van der Waals surface area contributed by atoms with Gasteiger partial charge in [-0.05, 0) is 29.8 Å². The van der Waals surface area contributed by atoms with Gasteiger partial charge in [0.15, 0.2) is 0 Å². The topological polar surface area (TPSA) is 87.7 Å². The molecule has 3 aromatic carbocycles. The van der Waals surface area contributed by atoms with E-state index in [4.69, 9.17) is 4.74 Å². The summed E-state index contributed by atoms with van der Waals surface area (Å²) >= 11 is 0. The van der Waals surface area contributed by atoms with Gasteiger partial charge in [0, 0.05) is 42.3 Å². The van der Waals surface area contributed by atoms with E-state index in [2.05, 4.69) is 10.0 Å². The minimum atomic E-state index is -3.77. The third-order valence-electron chi connectivity index (χ3n) is 5.11. The third kappa shape index (κ3) is 4.10. The van der Waals surface area contributed by atoms with Crippen molar-refractivity contribution in [2.75, 3.05) is 36.8 Å². The fourth-order valence-electron chi connectivity index (χ4n) is 3.55. The van der Waals surface area contributed by atoms with Gasteiger partial charge in [-0.3, -0.25) is 9.52 Å². The van der Waals surface area contributed by atoms with Gasteiger partial charge in [-0.15, -0.1) is 0 Å². The number of hydrogen-bond donors (Lipinski definition) is 2. The summed E-state index contributed by atoms with van der Waals surface area (Å²) in [5.74, 6) is -0.0390. The van der Waals surface area contributed by atoms with Crippen LogP contribution in [0, 0.1) is 0 Å². The van der Waals surface area contributed by atoms with Crippen LogP contribution in [0.1, 0.15) is 5.56 Å². The second-order valence-corrected chi connectivity index (χ2v) is 8.73. The summed E-state index contributed by atoms with van der Waals surface area (Å²) < 4.78 is 33.9. The van der Waals surface area contributed by atoms with Gasteiger partial charge in [0.2, 0.25) is 5.91 Å². The van der Waals surface area contributed by atoms with Gasteiger partial charge in [0.25, 0.3) is 10.0 Å². The maximum absolute atomic E-state index is 13.1. The summed E-state index contributed by atoms with van der Waals surface area (Å²) in [6, 6.07) is 17.8. The normalized spacial score (nSPS) is 14.7. The lowest BCUT2D eigenvalue weighted by Crippen LogP contribution is -2.40. The lowest BCUT2D eigenvalue weighted by atomic mass is 10.1. The Balaban J connectivity index is 1.55. The molecular weight excluding hydrogens is 402 g/mol. The minimum Gasteiger partial charge on any atom is -0.388 e. The zero-order valence-electron chi connectivity index (χ0n) is 16.6. The fourth-order valence-corrected chi connectivity index (χ4v) is 4.82. The Labute approximate surface area is 175 Å². The predicted octanol–water partition coefficient (Wildman–Crippen LogP) is 3.04. The molecule has 1 heterocycles. The summed E-state index contributed by atoms with van der Waals surface area (Å²) in [5, 5.41) is 4.58. The largest absolute Gasteiger partial charge is 0.388 e. The number of nitrogens with zero attached hydrogens (tertiary/aromatic N) is 1. The van der Waals surface area contributed by atoms with E-state index < -0.39 is 10.0 Å². The molecule has 1 aliphatic heterocycles. The third-order valence-corrected chi connectivity index (χ3v) is 6.55. The lowest BCUT2D eigenvalue weighted by Gasteiger charge is -2.26. The van der Waals surface area contributed by atoms with Crippen LogP contribution >= 0.6 is 0 Å². The molecule has 1 aliphatic rings. The standard InChI is InChI=1S/C22H23N3O4S/c1-23-20-10-11-21(19-5-3-2-4-18(19)20)30(27,28)24-17-8-6-16(7-9-17)14-25-12-13-29-15-22(25)26/h2-11,23-24H,12-15H2,1H3. The molecule has 4 rings (SSSR count). The minimum absolute atomic E-state index is 0.0390. The van der Waals surface area contributed by atoms with Crippen molar-refractivity contribution in [3.63, 3.8) is 0 Å². The number of carbonyl (C=O) groups excluding carboxylic acids is 1. The molecule has 1 saturated heterocycles. The van der Waals surface area contributed by atoms with E-state index in [9.17, 15) is 13.2 Å². The lowest BCUT2D eigenvalue weighted by molar-refractivity contribution is -0.143. The summed E-state index contributed by atoms with van der Waals surface area (Å²) in [6.07, 6.45) is 0. The first kappa shape index (κ1) is 20.2. The number of anilines is 2. The van der Waals surface area contributed by atoms with Crippen molar-refractivity contribution >= 4 is 38.1 Å². The van der Waals surface area contributed by atoms with Gasteiger partial charge in [0.1, 0.15) is 6.61 Å². The highest BCUT2D eigenvalue weighted by Gasteiger charge is 2.20. The van der Waals surface area contributed by atoms with E-state index in [0.717, 1.165) is 16.6 Å². The quantitative estimate of drug-likeness (QED) is 0.634. The second kappa shape index (κ2) is 8.33. The fraction of sp³-hybridized carbons (Fsp3) is 0.227. The second-order valence-electron chi connectivity index (χ2n) is 7.08. The highest BCUT2D eigenvalue weighted by molar-refractivity contribution is 7.93. The molecule has 1 amide bonds. The summed E-state index contributed by atoms with van der Waals surface area (Å²) in [4.78, 5) is 13.8. The van der Waals surface area contributed by atoms with Crippen LogP contribution in [0.25, 0.3) is 10.8 Å². The average molecular weight is 426 g/mol. The van der Waals surface area contributed by atoms with Gasteiger partial charge in [-0.2, -0.15) is 0 Å². The van der Waals surface area contributed by atoms with E-state index in [-0.39, 0.29) is 17.4 Å². The number of ether oxygens (including phenoxy) is 1. The van der Waals surface area contributed by atoms with Crippen molar-refractivity contribution in [1.29, 1.82) is 0 Å². The van der Waals surface area contributed by atoms with Gasteiger partial charge < -0.3 is 15.0 Å². The molecule has 2 N–H and O–H groups in total. The molecule has 0 unspecified atom stereocenters. The molecule has 156 valence electrons. The molecule has 0 aliphatic carbocycles. The van der Waals surface area contributed by atoms with Crippen molar-refractivity contribution < 1.29 is 17.9 Å². The zero-order chi connectivity index (χ0) is 21.1. The molecule has 0 aromatic heterocycles. The molecule has 7 nitrogen and oxygen atoms in total. The Bertz CT molecular complexity index is 1180. The van der Waals surface area contributed by atoms with E-state index in [1.807, 2.05) is 30.3 Å². The predicted molar refractivity (Wildman–Crippen MR) is 117 cm³/mol. The molecule has 3 aromatic rings. The number of benzene rings is 3. The highest BCUT2D eigenvalue weighted by Crippen LogP contribution is 2.30. The first-order valence-corrected chi connectivity index (χ1v) is 11.1. The first-order valence-electron chi connectivity index (χ1n) is 9.65. The molecular formula is C22H23N3O4S. The van der Waals surface area contributed by atoms with Crippen LogP contribution in [0.3, 0.4) is 0 Å². The number of rotatable bonds is 6. The van der Waals surface area contributed by atoms with Gasteiger partial charge in [-0.25, -0.2) is 8.42 Å². The first-order chi connectivity index (χ1) is 14.5. The molecule has 1 fully saturated rings. The van der Waals surface area contributed by atoms with Crippen LogP contribution in [0.15, 0.2) is 65.6 Å². The van der Waals surface area contributed by atoms with Gasteiger partial charge >= 0.3 is 0 Å². The number of fused-ring (bicyclic) bond motifs is 1. The van der Waals surface area contributed by atoms with E-state index >= 15 is 0 Å². The molecule has 8 heteroatoms. The van der Waals surface area contributed by atoms with E-state index in [0.29, 0.717) is 30.8 Å². The van der Waals surface area contributed by atoms with Crippen LogP contribution < -0.4 is 10.0 Å². The highest BCUT2D eigenvalue weighted by atomic mass is 32.2. The maximum Gasteiger partial charge on any atom is 0.262 e. The Hall–Kier alpha value is -3.10. The molecule has 30 heavy (non-hydrogen) atoms. The van der Waals surface area contributed by atoms with Gasteiger partial charge in [0.05, 0.1) is 11.5 Å². The molecule has 0 bridgehead atoms. The smallest absolute Gasteiger partial charge is 0.262 e. The molecule has 0 saturated carbocycles. The summed E-state index contributed by atoms with van der Waals surface area (Å²) in [6.45, 7) is 1.68. The molecule has 0 radical (unpaired) electrons. The zero-order valence-corrected chi connectivity index (χ0v) is 17.4. The van der Waals surface area contributed by atoms with Crippen molar-refractivity contribution in [2.24, 2.45) is 0 Å². The number of morpholine rings is 1. The summed E-state index contributed by atoms with van der Waals surface area (Å²) in [5.41, 5.74) is 2.26. The van der Waals surface area contributed by atoms with Crippen molar-refractivity contribution in [2.45, 2.75) is 11.4 Å². The van der Waals surface area contributed by atoms with Crippen molar-refractivity contribution in [1.82, 2.24) is 4.90 Å². The van der Waals surface area contributed by atoms with Crippen LogP contribution in [-0.4, -0.2) is 46.0 Å². The summed E-state index contributed by atoms with van der Waals surface area (Å²) in [7, 11) is -1.97. The van der Waals surface area contributed by atoms with Crippen LogP contribution in [0.4, 0.5) is 11.4 Å². The average Bonchev–Trinajstić information content (AvgIpc) is 2.75. The Morgan fingerprint density at radius 2 is 1.73 bits per heavy atom. The molecule has 0 atom stereocenters. The Kier molecular flexibility index (Phi) is 5.61. The number of sulfonamides is 1. The number of hydrogen-bond acceptors (Lipinski definition) is 5. The van der Waals surface area contributed by atoms with Crippen LogP contribution in [0.5, 0.6) is 0 Å². The number of amides is 1. The monoisotopic (exact) mass is 425 g/mol. The number of carbonyl (C=O) groups is 1.